The third-order valence-corrected chi connectivity index (χ3v) is 3.42. The number of hydrogen-bond donors (Lipinski definition) is 5. The smallest absolute Gasteiger partial charge is 0.256 e. The summed E-state index contributed by atoms with van der Waals surface area (Å²) in [6.45, 7) is 2.02. The summed E-state index contributed by atoms with van der Waals surface area (Å²) in [6.07, 6.45) is -1.21. The quantitative estimate of drug-likeness (QED) is 0.363. The topological polar surface area (TPSA) is 111 Å². The minimum absolute atomic E-state index is 0.0263. The average Bonchev–Trinajstić information content (AvgIpc) is 2.61. The van der Waals surface area contributed by atoms with Crippen molar-refractivity contribution in [2.75, 3.05) is 13.2 Å². The molecule has 1 amide bonds. The zero-order valence-corrected chi connectivity index (χ0v) is 13.8. The molecule has 2 aromatic carbocycles. The van der Waals surface area contributed by atoms with Crippen LogP contribution in [0.25, 0.3) is 0 Å². The molecule has 0 aromatic heterocycles. The van der Waals surface area contributed by atoms with Crippen molar-refractivity contribution >= 4 is 5.91 Å². The molecule has 0 radical (unpaired) electrons. The van der Waals surface area contributed by atoms with E-state index in [1.165, 1.54) is 18.2 Å². The second-order valence-corrected chi connectivity index (χ2v) is 5.58. The van der Waals surface area contributed by atoms with Gasteiger partial charge in [-0.05, 0) is 37.3 Å². The van der Waals surface area contributed by atoms with Crippen molar-refractivity contribution < 1.29 is 24.9 Å². The number of aliphatic hydroxyl groups is 1. The van der Waals surface area contributed by atoms with Gasteiger partial charge in [0.1, 0.15) is 30.0 Å². The van der Waals surface area contributed by atoms with Crippen LogP contribution in [0.4, 0.5) is 0 Å². The first-order valence-corrected chi connectivity index (χ1v) is 7.88. The molecule has 2 aromatic rings. The Morgan fingerprint density at radius 3 is 2.60 bits per heavy atom. The Morgan fingerprint density at radius 2 is 1.88 bits per heavy atom. The van der Waals surface area contributed by atoms with E-state index in [-0.39, 0.29) is 30.2 Å². The lowest BCUT2D eigenvalue weighted by Crippen LogP contribution is -2.46. The van der Waals surface area contributed by atoms with Crippen LogP contribution in [0.3, 0.4) is 0 Å². The maximum Gasteiger partial charge on any atom is 0.256 e. The van der Waals surface area contributed by atoms with Crippen LogP contribution in [0, 0.1) is 0 Å². The van der Waals surface area contributed by atoms with E-state index < -0.39 is 18.2 Å². The first-order valence-electron chi connectivity index (χ1n) is 7.88. The van der Waals surface area contributed by atoms with E-state index in [4.69, 9.17) is 4.74 Å². The number of rotatable bonds is 8. The molecule has 0 heterocycles. The fourth-order valence-electron chi connectivity index (χ4n) is 2.11. The predicted molar refractivity (Wildman–Crippen MR) is 92.6 cm³/mol. The van der Waals surface area contributed by atoms with Crippen molar-refractivity contribution in [3.8, 4) is 17.2 Å². The standard InChI is InChI=1S/C18H22N2O5/c1-12(20-18(24)16-9-13(21)7-8-17(16)23)19-10-14(22)11-25-15-5-3-2-4-6-15/h2-9,12,14,19,21-23H,10-11H2,1H3,(H,20,24). The second kappa shape index (κ2) is 8.91. The third-order valence-electron chi connectivity index (χ3n) is 3.42. The van der Waals surface area contributed by atoms with Crippen molar-refractivity contribution in [3.63, 3.8) is 0 Å². The molecule has 0 saturated heterocycles. The highest BCUT2D eigenvalue weighted by atomic mass is 16.5. The minimum Gasteiger partial charge on any atom is -0.508 e. The van der Waals surface area contributed by atoms with Crippen LogP contribution in [0.1, 0.15) is 17.3 Å². The summed E-state index contributed by atoms with van der Waals surface area (Å²) in [5.41, 5.74) is -0.0263. The Morgan fingerprint density at radius 1 is 1.16 bits per heavy atom. The number of aliphatic hydroxyl groups excluding tert-OH is 1. The maximum atomic E-state index is 12.1. The first kappa shape index (κ1) is 18.6. The molecule has 7 heteroatoms. The van der Waals surface area contributed by atoms with Crippen molar-refractivity contribution in [2.45, 2.75) is 19.2 Å². The lowest BCUT2D eigenvalue weighted by atomic mass is 10.1. The van der Waals surface area contributed by atoms with Crippen molar-refractivity contribution in [2.24, 2.45) is 0 Å². The van der Waals surface area contributed by atoms with Crippen LogP contribution < -0.4 is 15.4 Å². The van der Waals surface area contributed by atoms with Gasteiger partial charge in [0.05, 0.1) is 11.7 Å². The normalized spacial score (nSPS) is 13.0. The van der Waals surface area contributed by atoms with Crippen molar-refractivity contribution in [1.82, 2.24) is 10.6 Å². The Hall–Kier alpha value is -2.77. The molecule has 5 N–H and O–H groups in total. The van der Waals surface area contributed by atoms with Crippen LogP contribution in [0.15, 0.2) is 48.5 Å². The largest absolute Gasteiger partial charge is 0.508 e. The molecule has 7 nitrogen and oxygen atoms in total. The fourth-order valence-corrected chi connectivity index (χ4v) is 2.11. The van der Waals surface area contributed by atoms with Gasteiger partial charge in [-0.25, -0.2) is 0 Å². The molecule has 25 heavy (non-hydrogen) atoms. The zero-order valence-electron chi connectivity index (χ0n) is 13.8. The number of phenolic OH excluding ortho intramolecular Hbond substituents is 2. The van der Waals surface area contributed by atoms with E-state index >= 15 is 0 Å². The summed E-state index contributed by atoms with van der Waals surface area (Å²) in [5.74, 6) is -0.207. The molecular formula is C18H22N2O5. The van der Waals surface area contributed by atoms with E-state index in [1.807, 2.05) is 18.2 Å². The van der Waals surface area contributed by atoms with Gasteiger partial charge in [-0.15, -0.1) is 0 Å². The molecule has 0 aliphatic heterocycles. The molecule has 0 aliphatic rings. The van der Waals surface area contributed by atoms with Gasteiger partial charge in [-0.2, -0.15) is 0 Å². The third kappa shape index (κ3) is 5.98. The molecule has 0 bridgehead atoms. The van der Waals surface area contributed by atoms with E-state index in [9.17, 15) is 20.1 Å². The van der Waals surface area contributed by atoms with Gasteiger partial charge in [0.15, 0.2) is 0 Å². The highest BCUT2D eigenvalue weighted by molar-refractivity contribution is 5.97. The number of aromatic hydroxyl groups is 2. The van der Waals surface area contributed by atoms with E-state index in [1.54, 1.807) is 19.1 Å². The van der Waals surface area contributed by atoms with Gasteiger partial charge in [-0.1, -0.05) is 18.2 Å². The Kier molecular flexibility index (Phi) is 6.62. The minimum atomic E-state index is -0.756. The van der Waals surface area contributed by atoms with Gasteiger partial charge in [0, 0.05) is 6.54 Å². The molecule has 134 valence electrons. The monoisotopic (exact) mass is 346 g/mol. The number of amides is 1. The van der Waals surface area contributed by atoms with Crippen LogP contribution in [0.2, 0.25) is 0 Å². The summed E-state index contributed by atoms with van der Waals surface area (Å²) < 4.78 is 5.44. The average molecular weight is 346 g/mol. The van der Waals surface area contributed by atoms with Gasteiger partial charge >= 0.3 is 0 Å². The van der Waals surface area contributed by atoms with Crippen LogP contribution in [0.5, 0.6) is 17.2 Å². The van der Waals surface area contributed by atoms with Crippen LogP contribution in [-0.4, -0.2) is 46.6 Å². The molecule has 0 saturated carbocycles. The summed E-state index contributed by atoms with van der Waals surface area (Å²) in [7, 11) is 0. The first-order chi connectivity index (χ1) is 12.0. The SMILES string of the molecule is CC(NCC(O)COc1ccccc1)NC(=O)c1cc(O)ccc1O. The van der Waals surface area contributed by atoms with Gasteiger partial charge < -0.3 is 25.4 Å². The highest BCUT2D eigenvalue weighted by Crippen LogP contribution is 2.21. The maximum absolute atomic E-state index is 12.1. The molecule has 2 rings (SSSR count). The molecule has 0 spiro atoms. The van der Waals surface area contributed by atoms with Gasteiger partial charge in [0.2, 0.25) is 0 Å². The van der Waals surface area contributed by atoms with E-state index in [0.29, 0.717) is 5.75 Å². The van der Waals surface area contributed by atoms with Gasteiger partial charge in [-0.3, -0.25) is 10.1 Å². The summed E-state index contributed by atoms with van der Waals surface area (Å²) in [4.78, 5) is 12.1. The Labute approximate surface area is 145 Å². The number of carbonyl (C=O) groups excluding carboxylic acids is 1. The van der Waals surface area contributed by atoms with Crippen molar-refractivity contribution in [3.05, 3.63) is 54.1 Å². The van der Waals surface area contributed by atoms with Crippen molar-refractivity contribution in [1.29, 1.82) is 0 Å². The highest BCUT2D eigenvalue weighted by Gasteiger charge is 2.15. The number of ether oxygens (including phenoxy) is 1. The number of phenols is 2. The molecule has 0 aliphatic carbocycles. The predicted octanol–water partition coefficient (Wildman–Crippen LogP) is 1.20. The second-order valence-electron chi connectivity index (χ2n) is 5.58. The zero-order chi connectivity index (χ0) is 18.2. The van der Waals surface area contributed by atoms with Crippen LogP contribution >= 0.6 is 0 Å². The molecule has 0 fully saturated rings. The Balaban J connectivity index is 1.75. The van der Waals surface area contributed by atoms with E-state index in [2.05, 4.69) is 10.6 Å². The summed E-state index contributed by atoms with van der Waals surface area (Å²) >= 11 is 0. The fraction of sp³-hybridized carbons (Fsp3) is 0.278. The summed E-state index contributed by atoms with van der Waals surface area (Å²) in [5, 5.41) is 34.5. The molecule has 2 atom stereocenters. The lowest BCUT2D eigenvalue weighted by molar-refractivity contribution is 0.0892. The summed E-state index contributed by atoms with van der Waals surface area (Å²) in [6, 6.07) is 12.9. The molecular weight excluding hydrogens is 324 g/mol. The number of carbonyl (C=O) groups is 1. The van der Waals surface area contributed by atoms with Crippen LogP contribution in [-0.2, 0) is 0 Å². The number of para-hydroxylation sites is 1. The Bertz CT molecular complexity index is 693. The lowest BCUT2D eigenvalue weighted by Gasteiger charge is -2.19. The number of nitrogens with one attached hydrogen (secondary N) is 2. The van der Waals surface area contributed by atoms with E-state index in [0.717, 1.165) is 0 Å². The number of hydrogen-bond acceptors (Lipinski definition) is 6. The molecule has 2 unspecified atom stereocenters. The van der Waals surface area contributed by atoms with Gasteiger partial charge in [0.25, 0.3) is 5.91 Å². The number of benzene rings is 2.